The van der Waals surface area contributed by atoms with Gasteiger partial charge in [-0.05, 0) is 79.2 Å². The Morgan fingerprint density at radius 1 is 1.06 bits per heavy atom. The fraction of sp³-hybridized carbons (Fsp3) is 0.531. The van der Waals surface area contributed by atoms with Crippen LogP contribution in [-0.2, 0) is 6.18 Å². The minimum absolute atomic E-state index is 0.0211. The smallest absolute Gasteiger partial charge is 0.417 e. The molecule has 4 aliphatic rings. The van der Waals surface area contributed by atoms with Crippen LogP contribution in [0.25, 0.3) is 33.1 Å². The Kier molecular flexibility index (Phi) is 9.14. The number of aromatic nitrogens is 4. The van der Waals surface area contributed by atoms with Crippen LogP contribution in [0.2, 0.25) is 0 Å². The molecule has 8 nitrogen and oxygen atoms in total. The van der Waals surface area contributed by atoms with Crippen LogP contribution in [0.3, 0.4) is 0 Å². The Hall–Kier alpha value is -2.58. The predicted molar refractivity (Wildman–Crippen MR) is 181 cm³/mol. The number of nitrogens with zero attached hydrogens (tertiary/aromatic N) is 6. The van der Waals surface area contributed by atoms with Gasteiger partial charge in [-0.15, -0.1) is 0 Å². The average Bonchev–Trinajstić information content (AvgIpc) is 3.66. The number of fused-ring (bicyclic) bond motifs is 4. The van der Waals surface area contributed by atoms with Gasteiger partial charge in [-0.25, -0.2) is 23.2 Å². The molecule has 3 aromatic heterocycles. The normalized spacial score (nSPS) is 23.0. The molecule has 4 aromatic rings. The number of halogens is 6. The molecule has 0 amide bonds. The van der Waals surface area contributed by atoms with Gasteiger partial charge in [-0.2, -0.15) is 18.3 Å². The van der Waals surface area contributed by atoms with Gasteiger partial charge in [0.05, 0.1) is 47.9 Å². The van der Waals surface area contributed by atoms with Crippen molar-refractivity contribution in [3.05, 3.63) is 35.3 Å². The topological polar surface area (TPSA) is 68.5 Å². The first-order chi connectivity index (χ1) is 22.6. The SMILES string of the molecule is COc1cc2c3c(nc(-c4c(C(F)(F)F)c(C)cc5c4cnn5PI)c(F)c3n1)OCC1CCCCCN21.FC1CC2CCCN2C1. The molecule has 4 atom stereocenters. The summed E-state index contributed by atoms with van der Waals surface area (Å²) in [6.07, 6.45) is 3.48. The molecular formula is C32H35F5IN6O2P. The van der Waals surface area contributed by atoms with E-state index in [0.717, 1.165) is 45.2 Å². The lowest BCUT2D eigenvalue weighted by atomic mass is 9.94. The number of hydrogen-bond donors (Lipinski definition) is 0. The number of aryl methyl sites for hydroxylation is 1. The van der Waals surface area contributed by atoms with Crippen molar-refractivity contribution in [1.82, 2.24) is 24.4 Å². The second-order valence-electron chi connectivity index (χ2n) is 12.6. The summed E-state index contributed by atoms with van der Waals surface area (Å²) in [6, 6.07) is 3.80. The van der Waals surface area contributed by atoms with E-state index in [1.54, 1.807) is 10.5 Å². The van der Waals surface area contributed by atoms with Gasteiger partial charge >= 0.3 is 6.18 Å². The standard InChI is InChI=1S/C25H23F4IN5O2P.C7H12FN/c1-12-8-15-14(10-31-35(15)38-30)18(20(12)25(27,28)29)22-21(26)23-19-16(9-17(32-23)36-2)34-7-5-3-4-6-13(34)11-37-24(19)33-22;8-6-4-7-2-1-3-9(7)5-6/h8-10,13,38H,3-7,11H2,1-2H3;6-7H,1-5H2. The third kappa shape index (κ3) is 6.00. The van der Waals surface area contributed by atoms with Crippen molar-refractivity contribution in [3.8, 4) is 23.0 Å². The largest absolute Gasteiger partial charge is 0.481 e. The number of benzene rings is 1. The van der Waals surface area contributed by atoms with Crippen molar-refractivity contribution >= 4 is 55.9 Å². The van der Waals surface area contributed by atoms with Crippen LogP contribution in [0.5, 0.6) is 11.8 Å². The fourth-order valence-electron chi connectivity index (χ4n) is 7.64. The molecule has 0 spiro atoms. The van der Waals surface area contributed by atoms with Crippen LogP contribution in [-0.4, -0.2) is 76.0 Å². The Morgan fingerprint density at radius 2 is 1.87 bits per heavy atom. The summed E-state index contributed by atoms with van der Waals surface area (Å²) in [5, 5.41) is 4.76. The Labute approximate surface area is 283 Å². The molecule has 1 aromatic carbocycles. The van der Waals surface area contributed by atoms with Crippen LogP contribution in [0.1, 0.15) is 56.1 Å². The van der Waals surface area contributed by atoms with E-state index in [1.807, 2.05) is 0 Å². The summed E-state index contributed by atoms with van der Waals surface area (Å²) in [6.45, 7) is 4.25. The number of anilines is 1. The van der Waals surface area contributed by atoms with Gasteiger partial charge in [0, 0.05) is 36.1 Å². The number of pyridine rings is 2. The quantitative estimate of drug-likeness (QED) is 0.118. The molecule has 15 heteroatoms. The molecule has 252 valence electrons. The molecule has 4 unspecified atom stereocenters. The number of methoxy groups -OCH3 is 1. The zero-order chi connectivity index (χ0) is 33.0. The maximum Gasteiger partial charge on any atom is 0.417 e. The third-order valence-corrected chi connectivity index (χ3v) is 11.6. The van der Waals surface area contributed by atoms with Gasteiger partial charge in [0.15, 0.2) is 5.82 Å². The molecule has 3 fully saturated rings. The van der Waals surface area contributed by atoms with Crippen LogP contribution in [0, 0.1) is 12.7 Å². The minimum Gasteiger partial charge on any atom is -0.481 e. The van der Waals surface area contributed by atoms with Crippen LogP contribution in [0.15, 0.2) is 18.3 Å². The fourth-order valence-corrected chi connectivity index (χ4v) is 9.18. The van der Waals surface area contributed by atoms with E-state index < -0.39 is 29.4 Å². The molecule has 7 heterocycles. The molecule has 47 heavy (non-hydrogen) atoms. The lowest BCUT2D eigenvalue weighted by Gasteiger charge is -2.30. The van der Waals surface area contributed by atoms with Crippen molar-refractivity contribution < 1.29 is 31.4 Å². The highest BCUT2D eigenvalue weighted by Crippen LogP contribution is 2.48. The van der Waals surface area contributed by atoms with Crippen molar-refractivity contribution in [2.75, 3.05) is 38.3 Å². The van der Waals surface area contributed by atoms with Crippen LogP contribution < -0.4 is 14.4 Å². The summed E-state index contributed by atoms with van der Waals surface area (Å²) < 4.78 is 85.7. The zero-order valence-electron chi connectivity index (χ0n) is 26.0. The van der Waals surface area contributed by atoms with Crippen molar-refractivity contribution in [3.63, 3.8) is 0 Å². The van der Waals surface area contributed by atoms with Crippen molar-refractivity contribution in [2.45, 2.75) is 76.3 Å². The first kappa shape index (κ1) is 32.9. The van der Waals surface area contributed by atoms with E-state index in [2.05, 4.69) is 46.9 Å². The Morgan fingerprint density at radius 3 is 2.62 bits per heavy atom. The van der Waals surface area contributed by atoms with E-state index in [-0.39, 0.29) is 52.8 Å². The molecule has 3 saturated heterocycles. The van der Waals surface area contributed by atoms with E-state index in [0.29, 0.717) is 29.2 Å². The highest BCUT2D eigenvalue weighted by molar-refractivity contribution is 14.2. The van der Waals surface area contributed by atoms with Crippen molar-refractivity contribution in [2.24, 2.45) is 0 Å². The van der Waals surface area contributed by atoms with E-state index in [1.165, 1.54) is 39.1 Å². The van der Waals surface area contributed by atoms with Gasteiger partial charge in [0.2, 0.25) is 11.8 Å². The number of alkyl halides is 4. The predicted octanol–water partition coefficient (Wildman–Crippen LogP) is 8.25. The highest BCUT2D eigenvalue weighted by atomic mass is 127. The highest BCUT2D eigenvalue weighted by Gasteiger charge is 2.40. The summed E-state index contributed by atoms with van der Waals surface area (Å²) in [5.74, 6) is -0.716. The molecule has 8 rings (SSSR count). The second kappa shape index (κ2) is 13.0. The summed E-state index contributed by atoms with van der Waals surface area (Å²) in [4.78, 5) is 13.3. The van der Waals surface area contributed by atoms with Gasteiger partial charge in [-0.3, -0.25) is 4.90 Å². The Balaban J connectivity index is 0.000000334. The van der Waals surface area contributed by atoms with Gasteiger partial charge < -0.3 is 14.4 Å². The third-order valence-electron chi connectivity index (χ3n) is 9.76. The zero-order valence-corrected chi connectivity index (χ0v) is 29.2. The molecule has 0 saturated carbocycles. The second-order valence-corrected chi connectivity index (χ2v) is 14.7. The maximum absolute atomic E-state index is 16.5. The van der Waals surface area contributed by atoms with Crippen LogP contribution in [0.4, 0.5) is 27.6 Å². The van der Waals surface area contributed by atoms with Gasteiger partial charge in [0.1, 0.15) is 24.0 Å². The van der Waals surface area contributed by atoms with Crippen LogP contribution >= 0.6 is 28.4 Å². The molecule has 0 aliphatic carbocycles. The molecular weight excluding hydrogens is 753 g/mol. The summed E-state index contributed by atoms with van der Waals surface area (Å²) in [5.41, 5.74) is -0.809. The molecule has 4 aliphatic heterocycles. The average molecular weight is 789 g/mol. The van der Waals surface area contributed by atoms with Gasteiger partial charge in [0.25, 0.3) is 0 Å². The van der Waals surface area contributed by atoms with E-state index >= 15 is 4.39 Å². The monoisotopic (exact) mass is 788 g/mol. The number of rotatable bonds is 3. The maximum atomic E-state index is 16.5. The minimum atomic E-state index is -4.76. The summed E-state index contributed by atoms with van der Waals surface area (Å²) >= 11 is 2.10. The van der Waals surface area contributed by atoms with Gasteiger partial charge in [-0.1, -0.05) is 12.8 Å². The van der Waals surface area contributed by atoms with Crippen molar-refractivity contribution in [1.29, 1.82) is 0 Å². The molecule has 0 radical (unpaired) electrons. The van der Waals surface area contributed by atoms with E-state index in [4.69, 9.17) is 9.47 Å². The summed E-state index contributed by atoms with van der Waals surface area (Å²) in [7, 11) is 1.43. The lowest BCUT2D eigenvalue weighted by molar-refractivity contribution is -0.137. The van der Waals surface area contributed by atoms with E-state index in [9.17, 15) is 17.6 Å². The molecule has 0 bridgehead atoms. The first-order valence-corrected chi connectivity index (χ1v) is 20.0. The molecule has 0 N–H and O–H groups in total. The number of ether oxygens (including phenoxy) is 2. The lowest BCUT2D eigenvalue weighted by Crippen LogP contribution is -2.38. The number of hydrogen-bond acceptors (Lipinski definition) is 7. The first-order valence-electron chi connectivity index (χ1n) is 15.9. The Bertz CT molecular complexity index is 1810.